The quantitative estimate of drug-likeness (QED) is 0.747. The SMILES string of the molecule is C[C@@](CN)(Oc1ccccc1)C(=O)O. The Kier molecular flexibility index (Phi) is 3.09. The Morgan fingerprint density at radius 1 is 1.50 bits per heavy atom. The minimum Gasteiger partial charge on any atom is -0.478 e. The molecule has 0 unspecified atom stereocenters. The highest BCUT2D eigenvalue weighted by Crippen LogP contribution is 2.17. The summed E-state index contributed by atoms with van der Waals surface area (Å²) in [6, 6.07) is 8.75. The predicted molar refractivity (Wildman–Crippen MR) is 52.2 cm³/mol. The van der Waals surface area contributed by atoms with E-state index >= 15 is 0 Å². The Bertz CT molecular complexity index is 312. The van der Waals surface area contributed by atoms with Gasteiger partial charge in [0.05, 0.1) is 0 Å². The average Bonchev–Trinajstić information content (AvgIpc) is 2.19. The molecule has 0 heterocycles. The number of hydrogen-bond donors (Lipinski definition) is 2. The predicted octanol–water partition coefficient (Wildman–Crippen LogP) is 0.867. The highest BCUT2D eigenvalue weighted by molar-refractivity contribution is 5.77. The molecule has 0 fully saturated rings. The van der Waals surface area contributed by atoms with E-state index in [0.717, 1.165) is 0 Å². The lowest BCUT2D eigenvalue weighted by atomic mass is 10.1. The normalized spacial score (nSPS) is 14.4. The van der Waals surface area contributed by atoms with Crippen LogP contribution in [-0.4, -0.2) is 23.2 Å². The Morgan fingerprint density at radius 2 is 2.07 bits per heavy atom. The number of carbonyl (C=O) groups is 1. The number of ether oxygens (including phenoxy) is 1. The number of hydrogen-bond acceptors (Lipinski definition) is 3. The molecule has 1 aromatic carbocycles. The third kappa shape index (κ3) is 2.23. The van der Waals surface area contributed by atoms with E-state index in [-0.39, 0.29) is 6.54 Å². The third-order valence-corrected chi connectivity index (χ3v) is 1.93. The van der Waals surface area contributed by atoms with Gasteiger partial charge in [0.25, 0.3) is 0 Å². The van der Waals surface area contributed by atoms with E-state index in [1.54, 1.807) is 24.3 Å². The maximum absolute atomic E-state index is 10.9. The van der Waals surface area contributed by atoms with Crippen LogP contribution < -0.4 is 10.5 Å². The van der Waals surface area contributed by atoms with Crippen LogP contribution in [0.4, 0.5) is 0 Å². The molecule has 0 aromatic heterocycles. The number of benzene rings is 1. The molecular formula is C10H13NO3. The summed E-state index contributed by atoms with van der Waals surface area (Å²) < 4.78 is 5.29. The van der Waals surface area contributed by atoms with Crippen molar-refractivity contribution in [3.63, 3.8) is 0 Å². The Morgan fingerprint density at radius 3 is 2.50 bits per heavy atom. The van der Waals surface area contributed by atoms with Crippen molar-refractivity contribution in [1.29, 1.82) is 0 Å². The van der Waals surface area contributed by atoms with Gasteiger partial charge < -0.3 is 15.6 Å². The summed E-state index contributed by atoms with van der Waals surface area (Å²) in [5.41, 5.74) is 3.99. The van der Waals surface area contributed by atoms with E-state index in [0.29, 0.717) is 5.75 Å². The number of nitrogens with two attached hydrogens (primary N) is 1. The highest BCUT2D eigenvalue weighted by Gasteiger charge is 2.33. The first-order chi connectivity index (χ1) is 6.58. The zero-order valence-corrected chi connectivity index (χ0v) is 7.93. The lowest BCUT2D eigenvalue weighted by molar-refractivity contribution is -0.152. The molecule has 0 bridgehead atoms. The summed E-state index contributed by atoms with van der Waals surface area (Å²) in [4.78, 5) is 10.9. The van der Waals surface area contributed by atoms with Crippen molar-refractivity contribution < 1.29 is 14.6 Å². The maximum atomic E-state index is 10.9. The van der Waals surface area contributed by atoms with E-state index in [2.05, 4.69) is 0 Å². The van der Waals surface area contributed by atoms with Gasteiger partial charge >= 0.3 is 5.97 Å². The fourth-order valence-electron chi connectivity index (χ4n) is 0.921. The first kappa shape index (κ1) is 10.5. The second-order valence-electron chi connectivity index (χ2n) is 3.16. The van der Waals surface area contributed by atoms with Gasteiger partial charge in [-0.3, -0.25) is 0 Å². The Hall–Kier alpha value is -1.55. The van der Waals surface area contributed by atoms with Crippen LogP contribution in [0.5, 0.6) is 5.75 Å². The monoisotopic (exact) mass is 195 g/mol. The van der Waals surface area contributed by atoms with Gasteiger partial charge in [0.15, 0.2) is 0 Å². The Labute approximate surface area is 82.3 Å². The van der Waals surface area contributed by atoms with Crippen LogP contribution in [0, 0.1) is 0 Å². The van der Waals surface area contributed by atoms with Crippen molar-refractivity contribution in [2.75, 3.05) is 6.54 Å². The van der Waals surface area contributed by atoms with E-state index in [9.17, 15) is 4.79 Å². The van der Waals surface area contributed by atoms with Crippen molar-refractivity contribution in [1.82, 2.24) is 0 Å². The number of carboxylic acid groups (broad SMARTS) is 1. The smallest absolute Gasteiger partial charge is 0.349 e. The number of carboxylic acids is 1. The summed E-state index contributed by atoms with van der Waals surface area (Å²) in [6.07, 6.45) is 0. The molecule has 0 saturated heterocycles. The molecule has 3 N–H and O–H groups in total. The van der Waals surface area contributed by atoms with Crippen LogP contribution in [-0.2, 0) is 4.79 Å². The van der Waals surface area contributed by atoms with E-state index in [4.69, 9.17) is 15.6 Å². The molecule has 1 atom stereocenters. The van der Waals surface area contributed by atoms with Crippen LogP contribution in [0.2, 0.25) is 0 Å². The summed E-state index contributed by atoms with van der Waals surface area (Å²) in [7, 11) is 0. The van der Waals surface area contributed by atoms with Crippen LogP contribution in [0.1, 0.15) is 6.92 Å². The molecule has 4 heteroatoms. The molecule has 0 amide bonds. The molecule has 1 rings (SSSR count). The molecule has 76 valence electrons. The zero-order valence-electron chi connectivity index (χ0n) is 7.93. The van der Waals surface area contributed by atoms with Crippen molar-refractivity contribution in [3.05, 3.63) is 30.3 Å². The maximum Gasteiger partial charge on any atom is 0.349 e. The number of para-hydroxylation sites is 1. The van der Waals surface area contributed by atoms with Crippen molar-refractivity contribution in [3.8, 4) is 5.75 Å². The first-order valence-corrected chi connectivity index (χ1v) is 4.26. The van der Waals surface area contributed by atoms with Gasteiger partial charge in [0, 0.05) is 6.54 Å². The molecule has 0 aliphatic heterocycles. The second-order valence-corrected chi connectivity index (χ2v) is 3.16. The lowest BCUT2D eigenvalue weighted by Crippen LogP contribution is -2.48. The summed E-state index contributed by atoms with van der Waals surface area (Å²) in [5.74, 6) is -0.563. The molecule has 0 saturated carbocycles. The average molecular weight is 195 g/mol. The van der Waals surface area contributed by atoms with Crippen molar-refractivity contribution in [2.45, 2.75) is 12.5 Å². The molecule has 0 radical (unpaired) electrons. The summed E-state index contributed by atoms with van der Waals surface area (Å²) in [6.45, 7) is 1.37. The largest absolute Gasteiger partial charge is 0.478 e. The van der Waals surface area contributed by atoms with E-state index in [1.165, 1.54) is 6.92 Å². The third-order valence-electron chi connectivity index (χ3n) is 1.93. The van der Waals surface area contributed by atoms with Gasteiger partial charge in [-0.05, 0) is 19.1 Å². The van der Waals surface area contributed by atoms with Gasteiger partial charge in [-0.2, -0.15) is 0 Å². The van der Waals surface area contributed by atoms with Gasteiger partial charge in [-0.15, -0.1) is 0 Å². The van der Waals surface area contributed by atoms with E-state index < -0.39 is 11.6 Å². The van der Waals surface area contributed by atoms with Crippen LogP contribution in [0.25, 0.3) is 0 Å². The lowest BCUT2D eigenvalue weighted by Gasteiger charge is -2.24. The van der Waals surface area contributed by atoms with Gasteiger partial charge in [-0.25, -0.2) is 4.79 Å². The van der Waals surface area contributed by atoms with Gasteiger partial charge in [0.1, 0.15) is 5.75 Å². The summed E-state index contributed by atoms with van der Waals surface area (Å²) in [5, 5.41) is 8.89. The Balaban J connectivity index is 2.81. The fourth-order valence-corrected chi connectivity index (χ4v) is 0.921. The minimum atomic E-state index is -1.36. The van der Waals surface area contributed by atoms with Gasteiger partial charge in [-0.1, -0.05) is 18.2 Å². The fraction of sp³-hybridized carbons (Fsp3) is 0.300. The number of aliphatic carboxylic acids is 1. The van der Waals surface area contributed by atoms with E-state index in [1.807, 2.05) is 6.07 Å². The highest BCUT2D eigenvalue weighted by atomic mass is 16.5. The number of rotatable bonds is 4. The topological polar surface area (TPSA) is 72.5 Å². The van der Waals surface area contributed by atoms with Crippen LogP contribution >= 0.6 is 0 Å². The second kappa shape index (κ2) is 4.11. The molecule has 14 heavy (non-hydrogen) atoms. The zero-order chi connectivity index (χ0) is 10.6. The van der Waals surface area contributed by atoms with Crippen molar-refractivity contribution in [2.24, 2.45) is 5.73 Å². The minimum absolute atomic E-state index is 0.0722. The molecule has 4 nitrogen and oxygen atoms in total. The van der Waals surface area contributed by atoms with Crippen LogP contribution in [0.15, 0.2) is 30.3 Å². The first-order valence-electron chi connectivity index (χ1n) is 4.26. The molecular weight excluding hydrogens is 182 g/mol. The standard InChI is InChI=1S/C10H13NO3/c1-10(7-11,9(12)13)14-8-5-3-2-4-6-8/h2-6H,7,11H2,1H3,(H,12,13)/t10-/m0/s1. The van der Waals surface area contributed by atoms with Crippen LogP contribution in [0.3, 0.4) is 0 Å². The van der Waals surface area contributed by atoms with Gasteiger partial charge in [0.2, 0.25) is 5.60 Å². The molecule has 0 aliphatic rings. The van der Waals surface area contributed by atoms with Crippen molar-refractivity contribution >= 4 is 5.97 Å². The molecule has 0 aliphatic carbocycles. The molecule has 1 aromatic rings. The summed E-state index contributed by atoms with van der Waals surface area (Å²) >= 11 is 0. The molecule has 0 spiro atoms.